The van der Waals surface area contributed by atoms with Crippen LogP contribution in [0.2, 0.25) is 0 Å². The molecule has 0 aliphatic rings. The van der Waals surface area contributed by atoms with Crippen molar-refractivity contribution in [2.75, 3.05) is 0 Å². The summed E-state index contributed by atoms with van der Waals surface area (Å²) in [5.41, 5.74) is 7.21. The zero-order valence-electron chi connectivity index (χ0n) is 10.3. The molecule has 0 fully saturated rings. The van der Waals surface area contributed by atoms with Crippen LogP contribution in [-0.2, 0) is 19.5 Å². The predicted octanol–water partition coefficient (Wildman–Crippen LogP) is 1.18. The van der Waals surface area contributed by atoms with Crippen molar-refractivity contribution in [2.24, 2.45) is 5.73 Å². The Morgan fingerprint density at radius 2 is 2.06 bits per heavy atom. The molecule has 0 saturated carbocycles. The van der Waals surface area contributed by atoms with Gasteiger partial charge in [-0.3, -0.25) is 4.79 Å². The molecular weight excluding hydrogens is 228 g/mol. The highest BCUT2D eigenvalue weighted by atomic mass is 16.1. The molecule has 5 nitrogen and oxygen atoms in total. The van der Waals surface area contributed by atoms with E-state index in [4.69, 9.17) is 5.73 Å². The molecule has 5 heteroatoms. The number of hydrogen-bond acceptors (Lipinski definition) is 4. The Morgan fingerprint density at radius 1 is 1.33 bits per heavy atom. The fourth-order valence-electron chi connectivity index (χ4n) is 1.76. The maximum atomic E-state index is 12.1. The third-order valence-corrected chi connectivity index (χ3v) is 2.83. The number of rotatable bonds is 5. The quantitative estimate of drug-likeness (QED) is 0.801. The van der Waals surface area contributed by atoms with E-state index >= 15 is 0 Å². The summed E-state index contributed by atoms with van der Waals surface area (Å²) >= 11 is 0. The molecule has 1 aromatic carbocycles. The fraction of sp³-hybridized carbons (Fsp3) is 0.308. The van der Waals surface area contributed by atoms with Gasteiger partial charge in [0.05, 0.1) is 6.42 Å². The van der Waals surface area contributed by atoms with E-state index in [2.05, 4.69) is 10.1 Å². The molecule has 0 aliphatic carbocycles. The second kappa shape index (κ2) is 5.55. The molecule has 2 aromatic rings. The lowest BCUT2D eigenvalue weighted by Crippen LogP contribution is -2.11. The predicted molar refractivity (Wildman–Crippen MR) is 68.1 cm³/mol. The summed E-state index contributed by atoms with van der Waals surface area (Å²) in [6.07, 6.45) is 1.75. The molecule has 0 radical (unpaired) electrons. The van der Waals surface area contributed by atoms with Gasteiger partial charge in [-0.05, 0) is 12.5 Å². The van der Waals surface area contributed by atoms with Crippen LogP contribution in [0.25, 0.3) is 0 Å². The molecule has 0 aliphatic heterocycles. The minimum absolute atomic E-state index is 0.0428. The third-order valence-electron chi connectivity index (χ3n) is 2.83. The Labute approximate surface area is 106 Å². The summed E-state index contributed by atoms with van der Waals surface area (Å²) in [7, 11) is 0. The van der Waals surface area contributed by atoms with Crippen LogP contribution in [0.1, 0.15) is 28.7 Å². The lowest BCUT2D eigenvalue weighted by molar-refractivity contribution is 0.0989. The number of carbonyl (C=O) groups is 1. The van der Waals surface area contributed by atoms with Crippen LogP contribution in [0, 0.1) is 0 Å². The van der Waals surface area contributed by atoms with Gasteiger partial charge < -0.3 is 5.73 Å². The van der Waals surface area contributed by atoms with E-state index in [1.54, 1.807) is 16.8 Å². The Balaban J connectivity index is 2.11. The van der Waals surface area contributed by atoms with Crippen molar-refractivity contribution in [1.29, 1.82) is 0 Å². The van der Waals surface area contributed by atoms with Crippen LogP contribution in [-0.4, -0.2) is 20.5 Å². The molecule has 0 unspecified atom stereocenters. The second-order valence-electron chi connectivity index (χ2n) is 3.99. The van der Waals surface area contributed by atoms with Gasteiger partial charge in [-0.1, -0.05) is 24.3 Å². The highest BCUT2D eigenvalue weighted by Gasteiger charge is 2.11. The van der Waals surface area contributed by atoms with Gasteiger partial charge in [0.2, 0.25) is 0 Å². The molecule has 18 heavy (non-hydrogen) atoms. The van der Waals surface area contributed by atoms with Crippen molar-refractivity contribution in [3.63, 3.8) is 0 Å². The van der Waals surface area contributed by atoms with Crippen LogP contribution in [0.15, 0.2) is 30.6 Å². The van der Waals surface area contributed by atoms with Gasteiger partial charge in [0.25, 0.3) is 0 Å². The number of carbonyl (C=O) groups excluding carboxylic acids is 1. The molecule has 1 heterocycles. The summed E-state index contributed by atoms with van der Waals surface area (Å²) in [6, 6.07) is 7.35. The first-order chi connectivity index (χ1) is 8.74. The van der Waals surface area contributed by atoms with E-state index in [0.29, 0.717) is 24.5 Å². The van der Waals surface area contributed by atoms with Gasteiger partial charge in [0.1, 0.15) is 12.2 Å². The number of aromatic nitrogens is 3. The summed E-state index contributed by atoms with van der Waals surface area (Å²) in [4.78, 5) is 16.2. The van der Waals surface area contributed by atoms with Crippen molar-refractivity contribution < 1.29 is 4.79 Å². The maximum Gasteiger partial charge on any atom is 0.170 e. The maximum absolute atomic E-state index is 12.1. The van der Waals surface area contributed by atoms with E-state index in [1.165, 1.54) is 6.33 Å². The van der Waals surface area contributed by atoms with Crippen molar-refractivity contribution in [3.8, 4) is 0 Å². The van der Waals surface area contributed by atoms with Crippen LogP contribution in [0.5, 0.6) is 0 Å². The molecule has 94 valence electrons. The van der Waals surface area contributed by atoms with E-state index in [9.17, 15) is 4.79 Å². The number of aryl methyl sites for hydroxylation is 1. The number of hydrogen-bond donors (Lipinski definition) is 1. The van der Waals surface area contributed by atoms with Gasteiger partial charge in [0.15, 0.2) is 5.78 Å². The smallest absolute Gasteiger partial charge is 0.170 e. The van der Waals surface area contributed by atoms with Crippen molar-refractivity contribution in [1.82, 2.24) is 14.8 Å². The van der Waals surface area contributed by atoms with Gasteiger partial charge in [0, 0.05) is 18.7 Å². The Hall–Kier alpha value is -2.01. The Kier molecular flexibility index (Phi) is 3.84. The molecule has 0 atom stereocenters. The average molecular weight is 244 g/mol. The molecule has 1 aromatic heterocycles. The summed E-state index contributed by atoms with van der Waals surface area (Å²) in [5, 5.41) is 4.05. The number of Topliss-reactive ketones (excluding diaryl/α,β-unsaturated/α-hetero) is 1. The van der Waals surface area contributed by atoms with E-state index in [0.717, 1.165) is 5.56 Å². The van der Waals surface area contributed by atoms with E-state index in [-0.39, 0.29) is 12.2 Å². The van der Waals surface area contributed by atoms with E-state index in [1.807, 2.05) is 19.1 Å². The molecule has 0 bridgehead atoms. The van der Waals surface area contributed by atoms with Crippen LogP contribution in [0.3, 0.4) is 0 Å². The molecule has 2 N–H and O–H groups in total. The van der Waals surface area contributed by atoms with Crippen molar-refractivity contribution in [3.05, 3.63) is 47.5 Å². The second-order valence-corrected chi connectivity index (χ2v) is 3.99. The van der Waals surface area contributed by atoms with Gasteiger partial charge >= 0.3 is 0 Å². The monoisotopic (exact) mass is 244 g/mol. The van der Waals surface area contributed by atoms with Gasteiger partial charge in [-0.25, -0.2) is 9.67 Å². The summed E-state index contributed by atoms with van der Waals surface area (Å²) in [6.45, 7) is 3.17. The number of nitrogens with zero attached hydrogens (tertiary/aromatic N) is 3. The first kappa shape index (κ1) is 12.4. The molecule has 2 rings (SSSR count). The third kappa shape index (κ3) is 2.62. The first-order valence-electron chi connectivity index (χ1n) is 5.93. The van der Waals surface area contributed by atoms with Crippen LogP contribution < -0.4 is 5.73 Å². The zero-order valence-corrected chi connectivity index (χ0v) is 10.3. The summed E-state index contributed by atoms with van der Waals surface area (Å²) in [5.74, 6) is 0.742. The molecular formula is C13H16N4O. The largest absolute Gasteiger partial charge is 0.326 e. The topological polar surface area (TPSA) is 73.8 Å². The molecule has 0 saturated heterocycles. The normalized spacial score (nSPS) is 10.6. The minimum Gasteiger partial charge on any atom is -0.326 e. The van der Waals surface area contributed by atoms with E-state index < -0.39 is 0 Å². The average Bonchev–Trinajstić information content (AvgIpc) is 2.86. The fourth-order valence-corrected chi connectivity index (χ4v) is 1.76. The zero-order chi connectivity index (χ0) is 13.0. The Morgan fingerprint density at radius 3 is 2.67 bits per heavy atom. The number of nitrogens with two attached hydrogens (primary N) is 1. The highest BCUT2D eigenvalue weighted by molar-refractivity contribution is 5.97. The number of ketones is 1. The molecule has 0 spiro atoms. The van der Waals surface area contributed by atoms with Crippen LogP contribution >= 0.6 is 0 Å². The first-order valence-corrected chi connectivity index (χ1v) is 5.93. The van der Waals surface area contributed by atoms with Gasteiger partial charge in [-0.2, -0.15) is 5.10 Å². The summed E-state index contributed by atoms with van der Waals surface area (Å²) < 4.78 is 1.73. The molecule has 0 amide bonds. The van der Waals surface area contributed by atoms with Crippen molar-refractivity contribution in [2.45, 2.75) is 26.4 Å². The minimum atomic E-state index is 0.0428. The van der Waals surface area contributed by atoms with Crippen molar-refractivity contribution >= 4 is 5.78 Å². The lowest BCUT2D eigenvalue weighted by Gasteiger charge is -2.03. The highest BCUT2D eigenvalue weighted by Crippen LogP contribution is 2.08. The number of benzene rings is 1. The Bertz CT molecular complexity index is 530. The lowest BCUT2D eigenvalue weighted by atomic mass is 10.1. The van der Waals surface area contributed by atoms with Crippen LogP contribution in [0.4, 0.5) is 0 Å². The van der Waals surface area contributed by atoms with Gasteiger partial charge in [-0.15, -0.1) is 0 Å². The standard InChI is InChI=1S/C13H16N4O/c1-2-17-13(15-9-16-17)7-12(18)11-5-3-10(8-14)4-6-11/h3-6,9H,2,7-8,14H2,1H3. The SMILES string of the molecule is CCn1ncnc1CC(=O)c1ccc(CN)cc1.